The maximum atomic E-state index is 6.33. The molecule has 1 saturated heterocycles. The molecule has 0 spiro atoms. The highest BCUT2D eigenvalue weighted by atomic mass is 35.5. The molecule has 4 rings (SSSR count). The van der Waals surface area contributed by atoms with E-state index in [1.807, 2.05) is 35.1 Å². The zero-order chi connectivity index (χ0) is 17.1. The lowest BCUT2D eigenvalue weighted by Crippen LogP contribution is -2.32. The van der Waals surface area contributed by atoms with Crippen molar-refractivity contribution in [3.63, 3.8) is 0 Å². The summed E-state index contributed by atoms with van der Waals surface area (Å²) >= 11 is 6.33. The highest BCUT2D eigenvalue weighted by molar-refractivity contribution is 6.31. The van der Waals surface area contributed by atoms with Gasteiger partial charge >= 0.3 is 0 Å². The first-order valence-corrected chi connectivity index (χ1v) is 8.97. The van der Waals surface area contributed by atoms with Gasteiger partial charge in [0.2, 0.25) is 0 Å². The Morgan fingerprint density at radius 1 is 1.08 bits per heavy atom. The summed E-state index contributed by atoms with van der Waals surface area (Å²) in [7, 11) is 0. The molecule has 0 bridgehead atoms. The van der Waals surface area contributed by atoms with Gasteiger partial charge in [0.15, 0.2) is 0 Å². The molecule has 1 aliphatic rings. The Morgan fingerprint density at radius 2 is 2.00 bits per heavy atom. The fraction of sp³-hybridized carbons (Fsp3) is 0.316. The SMILES string of the molecule is Clc1cccnc1[C@@H]1CCC[C@H](c2cccc(Cn3cccn3)n2)N1. The molecule has 5 nitrogen and oxygen atoms in total. The van der Waals surface area contributed by atoms with E-state index in [1.165, 1.54) is 0 Å². The van der Waals surface area contributed by atoms with Crippen LogP contribution in [0.1, 0.15) is 48.4 Å². The molecule has 0 unspecified atom stereocenters. The van der Waals surface area contributed by atoms with Gasteiger partial charge < -0.3 is 5.32 Å². The Hall–Kier alpha value is -2.24. The van der Waals surface area contributed by atoms with Gasteiger partial charge in [-0.3, -0.25) is 14.6 Å². The third kappa shape index (κ3) is 3.72. The van der Waals surface area contributed by atoms with Crippen LogP contribution in [0.2, 0.25) is 5.02 Å². The van der Waals surface area contributed by atoms with Crippen molar-refractivity contribution < 1.29 is 0 Å². The highest BCUT2D eigenvalue weighted by Gasteiger charge is 2.26. The Labute approximate surface area is 152 Å². The number of aromatic nitrogens is 4. The molecule has 0 aromatic carbocycles. The molecule has 25 heavy (non-hydrogen) atoms. The Balaban J connectivity index is 1.52. The van der Waals surface area contributed by atoms with Crippen LogP contribution in [0.25, 0.3) is 0 Å². The number of pyridine rings is 2. The lowest BCUT2D eigenvalue weighted by atomic mass is 9.94. The summed E-state index contributed by atoms with van der Waals surface area (Å²) in [6, 6.07) is 12.3. The molecule has 3 aromatic heterocycles. The molecule has 3 aromatic rings. The second kappa shape index (κ2) is 7.33. The summed E-state index contributed by atoms with van der Waals surface area (Å²) in [5, 5.41) is 8.66. The Morgan fingerprint density at radius 3 is 2.84 bits per heavy atom. The van der Waals surface area contributed by atoms with Crippen LogP contribution in [-0.4, -0.2) is 19.7 Å². The van der Waals surface area contributed by atoms with Crippen LogP contribution in [0.5, 0.6) is 0 Å². The lowest BCUT2D eigenvalue weighted by Gasteiger charge is -2.31. The van der Waals surface area contributed by atoms with Gasteiger partial charge in [-0.15, -0.1) is 0 Å². The third-order valence-electron chi connectivity index (χ3n) is 4.57. The normalized spacial score (nSPS) is 20.5. The van der Waals surface area contributed by atoms with Crippen molar-refractivity contribution in [3.8, 4) is 0 Å². The average Bonchev–Trinajstić information content (AvgIpc) is 3.15. The van der Waals surface area contributed by atoms with Gasteiger partial charge in [-0.25, -0.2) is 0 Å². The molecule has 0 saturated carbocycles. The summed E-state index contributed by atoms with van der Waals surface area (Å²) in [5.74, 6) is 0. The first-order valence-electron chi connectivity index (χ1n) is 8.59. The largest absolute Gasteiger partial charge is 0.300 e. The van der Waals surface area contributed by atoms with Gasteiger partial charge in [0.25, 0.3) is 0 Å². The van der Waals surface area contributed by atoms with Crippen molar-refractivity contribution in [2.45, 2.75) is 37.9 Å². The van der Waals surface area contributed by atoms with E-state index in [9.17, 15) is 0 Å². The van der Waals surface area contributed by atoms with E-state index in [0.717, 1.165) is 41.4 Å². The molecule has 0 radical (unpaired) electrons. The summed E-state index contributed by atoms with van der Waals surface area (Å²) in [6.07, 6.45) is 8.77. The third-order valence-corrected chi connectivity index (χ3v) is 4.89. The first kappa shape index (κ1) is 16.2. The first-order chi connectivity index (χ1) is 12.3. The maximum Gasteiger partial charge on any atom is 0.0831 e. The van der Waals surface area contributed by atoms with Crippen LogP contribution in [0, 0.1) is 0 Å². The number of hydrogen-bond acceptors (Lipinski definition) is 4. The highest BCUT2D eigenvalue weighted by Crippen LogP contribution is 2.33. The number of piperidine rings is 1. The van der Waals surface area contributed by atoms with Gasteiger partial charge in [-0.1, -0.05) is 17.7 Å². The quantitative estimate of drug-likeness (QED) is 0.772. The molecule has 128 valence electrons. The lowest BCUT2D eigenvalue weighted by molar-refractivity contribution is 0.321. The predicted octanol–water partition coefficient (Wildman–Crippen LogP) is 3.93. The van der Waals surface area contributed by atoms with Crippen LogP contribution in [-0.2, 0) is 6.54 Å². The second-order valence-electron chi connectivity index (χ2n) is 6.33. The zero-order valence-corrected chi connectivity index (χ0v) is 14.6. The van der Waals surface area contributed by atoms with Gasteiger partial charge in [-0.05, 0) is 49.6 Å². The van der Waals surface area contributed by atoms with Crippen LogP contribution < -0.4 is 5.32 Å². The van der Waals surface area contributed by atoms with E-state index in [0.29, 0.717) is 6.54 Å². The van der Waals surface area contributed by atoms with Crippen molar-refractivity contribution in [2.75, 3.05) is 0 Å². The molecule has 2 atom stereocenters. The van der Waals surface area contributed by atoms with Gasteiger partial charge in [-0.2, -0.15) is 5.10 Å². The van der Waals surface area contributed by atoms with Crippen LogP contribution in [0.3, 0.4) is 0 Å². The fourth-order valence-corrected chi connectivity index (χ4v) is 3.63. The molecule has 1 aliphatic heterocycles. The number of rotatable bonds is 4. The van der Waals surface area contributed by atoms with Crippen LogP contribution in [0.4, 0.5) is 0 Å². The number of nitrogens with zero attached hydrogens (tertiary/aromatic N) is 4. The molecular formula is C19H20ClN5. The molecule has 0 aliphatic carbocycles. The standard InChI is InChI=1S/C19H20ClN5/c20-15-6-3-10-21-19(15)18-9-2-8-17(24-18)16-7-1-5-14(23-16)13-25-12-4-11-22-25/h1,3-7,10-12,17-18,24H,2,8-9,13H2/t17-,18+/m1/s1. The molecule has 6 heteroatoms. The second-order valence-corrected chi connectivity index (χ2v) is 6.74. The van der Waals surface area contributed by atoms with E-state index in [1.54, 1.807) is 12.4 Å². The van der Waals surface area contributed by atoms with E-state index in [2.05, 4.69) is 27.5 Å². The van der Waals surface area contributed by atoms with E-state index in [4.69, 9.17) is 16.6 Å². The summed E-state index contributed by atoms with van der Waals surface area (Å²) in [5.41, 5.74) is 3.02. The Kier molecular flexibility index (Phi) is 4.76. The number of hydrogen-bond donors (Lipinski definition) is 1. The molecule has 1 N–H and O–H groups in total. The zero-order valence-electron chi connectivity index (χ0n) is 13.8. The summed E-state index contributed by atoms with van der Waals surface area (Å²) in [4.78, 5) is 9.32. The summed E-state index contributed by atoms with van der Waals surface area (Å²) in [6.45, 7) is 0.684. The summed E-state index contributed by atoms with van der Waals surface area (Å²) < 4.78 is 1.89. The van der Waals surface area contributed by atoms with E-state index in [-0.39, 0.29) is 12.1 Å². The van der Waals surface area contributed by atoms with Gasteiger partial charge in [0.1, 0.15) is 0 Å². The van der Waals surface area contributed by atoms with Crippen molar-refractivity contribution in [1.29, 1.82) is 0 Å². The monoisotopic (exact) mass is 353 g/mol. The average molecular weight is 354 g/mol. The molecule has 1 fully saturated rings. The van der Waals surface area contributed by atoms with Crippen molar-refractivity contribution >= 4 is 11.6 Å². The van der Waals surface area contributed by atoms with Gasteiger partial charge in [0, 0.05) is 18.6 Å². The number of nitrogens with one attached hydrogen (secondary N) is 1. The van der Waals surface area contributed by atoms with Gasteiger partial charge in [0.05, 0.1) is 40.7 Å². The Bertz CT molecular complexity index is 833. The minimum atomic E-state index is 0.170. The minimum absolute atomic E-state index is 0.170. The molecule has 0 amide bonds. The van der Waals surface area contributed by atoms with Crippen LogP contribution in [0.15, 0.2) is 55.0 Å². The maximum absolute atomic E-state index is 6.33. The van der Waals surface area contributed by atoms with Crippen molar-refractivity contribution in [3.05, 3.63) is 77.1 Å². The van der Waals surface area contributed by atoms with E-state index < -0.39 is 0 Å². The molecular weight excluding hydrogens is 334 g/mol. The van der Waals surface area contributed by atoms with Crippen molar-refractivity contribution in [1.82, 2.24) is 25.1 Å². The van der Waals surface area contributed by atoms with Crippen LogP contribution >= 0.6 is 11.6 Å². The van der Waals surface area contributed by atoms with Crippen molar-refractivity contribution in [2.24, 2.45) is 0 Å². The van der Waals surface area contributed by atoms with E-state index >= 15 is 0 Å². The smallest absolute Gasteiger partial charge is 0.0831 e. The fourth-order valence-electron chi connectivity index (χ4n) is 3.38. The predicted molar refractivity (Wildman–Crippen MR) is 97.3 cm³/mol. The number of halogens is 1. The molecule has 4 heterocycles. The topological polar surface area (TPSA) is 55.6 Å². The minimum Gasteiger partial charge on any atom is -0.300 e.